The zero-order chi connectivity index (χ0) is 17.9. The Morgan fingerprint density at radius 2 is 2.08 bits per heavy atom. The van der Waals surface area contributed by atoms with Crippen molar-refractivity contribution < 1.29 is 4.74 Å². The minimum Gasteiger partial charge on any atom is -0.487 e. The van der Waals surface area contributed by atoms with E-state index in [2.05, 4.69) is 55.8 Å². The van der Waals surface area contributed by atoms with E-state index in [1.165, 1.54) is 11.1 Å². The lowest BCUT2D eigenvalue weighted by atomic mass is 9.90. The Bertz CT molecular complexity index is 754. The minimum atomic E-state index is -0.206. The molecule has 0 radical (unpaired) electrons. The first-order chi connectivity index (χ1) is 12.0. The first-order valence-electron chi connectivity index (χ1n) is 8.90. The van der Waals surface area contributed by atoms with Crippen molar-refractivity contribution in [2.45, 2.75) is 45.4 Å². The van der Waals surface area contributed by atoms with E-state index in [0.29, 0.717) is 6.54 Å². The first-order valence-corrected chi connectivity index (χ1v) is 8.90. The van der Waals surface area contributed by atoms with Gasteiger partial charge in [0.2, 0.25) is 0 Å². The van der Waals surface area contributed by atoms with Crippen LogP contribution in [-0.4, -0.2) is 22.7 Å². The van der Waals surface area contributed by atoms with Gasteiger partial charge >= 0.3 is 0 Å². The molecule has 6 heteroatoms. The van der Waals surface area contributed by atoms with Gasteiger partial charge in [-0.1, -0.05) is 18.2 Å². The molecular formula is C20H29IN4O. The van der Waals surface area contributed by atoms with Crippen LogP contribution >= 0.6 is 24.0 Å². The number of benzene rings is 1. The molecule has 0 amide bonds. The highest BCUT2D eigenvalue weighted by Crippen LogP contribution is 2.39. The van der Waals surface area contributed by atoms with Crippen molar-refractivity contribution in [3.63, 3.8) is 0 Å². The molecule has 2 heterocycles. The van der Waals surface area contributed by atoms with Crippen molar-refractivity contribution in [1.29, 1.82) is 0 Å². The van der Waals surface area contributed by atoms with Gasteiger partial charge in [0, 0.05) is 38.0 Å². The zero-order valence-corrected chi connectivity index (χ0v) is 18.3. The molecule has 0 aliphatic carbocycles. The van der Waals surface area contributed by atoms with E-state index < -0.39 is 0 Å². The average Bonchev–Trinajstić information content (AvgIpc) is 2.97. The lowest BCUT2D eigenvalue weighted by molar-refractivity contribution is 0.0694. The van der Waals surface area contributed by atoms with E-state index in [1.807, 2.05) is 29.9 Å². The third-order valence-electron chi connectivity index (χ3n) is 4.34. The fourth-order valence-corrected chi connectivity index (χ4v) is 3.24. The summed E-state index contributed by atoms with van der Waals surface area (Å²) in [5.74, 6) is 1.79. The van der Waals surface area contributed by atoms with Crippen molar-refractivity contribution in [3.05, 3.63) is 53.9 Å². The predicted molar refractivity (Wildman–Crippen MR) is 117 cm³/mol. The van der Waals surface area contributed by atoms with E-state index >= 15 is 0 Å². The van der Waals surface area contributed by atoms with Crippen LogP contribution in [0.15, 0.2) is 47.7 Å². The van der Waals surface area contributed by atoms with E-state index in [4.69, 9.17) is 9.73 Å². The van der Waals surface area contributed by atoms with Crippen LogP contribution in [0.25, 0.3) is 0 Å². The van der Waals surface area contributed by atoms with Gasteiger partial charge in [-0.25, -0.2) is 4.99 Å². The van der Waals surface area contributed by atoms with Gasteiger partial charge in [0.25, 0.3) is 0 Å². The number of ether oxygens (including phenoxy) is 1. The van der Waals surface area contributed by atoms with Gasteiger partial charge < -0.3 is 19.9 Å². The normalized spacial score (nSPS) is 18.3. The average molecular weight is 468 g/mol. The molecular weight excluding hydrogens is 439 g/mol. The van der Waals surface area contributed by atoms with Gasteiger partial charge in [0.1, 0.15) is 11.4 Å². The number of para-hydroxylation sites is 1. The van der Waals surface area contributed by atoms with E-state index in [0.717, 1.165) is 24.7 Å². The molecule has 142 valence electrons. The Morgan fingerprint density at radius 3 is 2.77 bits per heavy atom. The van der Waals surface area contributed by atoms with Crippen LogP contribution in [0, 0.1) is 0 Å². The van der Waals surface area contributed by atoms with E-state index in [9.17, 15) is 0 Å². The summed E-state index contributed by atoms with van der Waals surface area (Å²) in [6.45, 7) is 7.83. The first kappa shape index (κ1) is 20.6. The highest BCUT2D eigenvalue weighted by Gasteiger charge is 2.33. The third kappa shape index (κ3) is 5.16. The second-order valence-corrected chi connectivity index (χ2v) is 7.18. The number of fused-ring (bicyclic) bond motifs is 1. The Hall–Kier alpha value is -1.70. The van der Waals surface area contributed by atoms with Crippen LogP contribution in [0.2, 0.25) is 0 Å². The van der Waals surface area contributed by atoms with Gasteiger partial charge in [-0.3, -0.25) is 0 Å². The fraction of sp³-hybridized carbons (Fsp3) is 0.450. The number of aromatic nitrogens is 1. The number of nitrogens with one attached hydrogen (secondary N) is 2. The number of hydrogen-bond acceptors (Lipinski definition) is 2. The van der Waals surface area contributed by atoms with Crippen molar-refractivity contribution in [1.82, 2.24) is 15.2 Å². The Balaban J connectivity index is 0.00000243. The van der Waals surface area contributed by atoms with Gasteiger partial charge in [-0.05, 0) is 38.5 Å². The smallest absolute Gasteiger partial charge is 0.192 e. The number of hydrogen-bond donors (Lipinski definition) is 2. The van der Waals surface area contributed by atoms with Gasteiger partial charge in [0.05, 0.1) is 12.6 Å². The Labute approximate surface area is 173 Å². The zero-order valence-electron chi connectivity index (χ0n) is 16.0. The molecule has 1 aliphatic rings. The summed E-state index contributed by atoms with van der Waals surface area (Å²) < 4.78 is 8.16. The maximum Gasteiger partial charge on any atom is 0.192 e. The molecule has 1 atom stereocenters. The van der Waals surface area contributed by atoms with Crippen LogP contribution in [0.1, 0.15) is 44.4 Å². The van der Waals surface area contributed by atoms with Crippen molar-refractivity contribution in [2.24, 2.45) is 12.0 Å². The molecule has 0 saturated carbocycles. The second-order valence-electron chi connectivity index (χ2n) is 7.18. The second kappa shape index (κ2) is 8.79. The number of nitrogens with zero attached hydrogens (tertiary/aromatic N) is 2. The number of aryl methyl sites for hydroxylation is 1. The summed E-state index contributed by atoms with van der Waals surface area (Å²) >= 11 is 0. The maximum absolute atomic E-state index is 6.12. The van der Waals surface area contributed by atoms with Crippen LogP contribution in [0.3, 0.4) is 0 Å². The molecule has 0 fully saturated rings. The molecule has 1 aromatic carbocycles. The largest absolute Gasteiger partial charge is 0.487 e. The minimum absolute atomic E-state index is 0. The molecule has 2 N–H and O–H groups in total. The fourth-order valence-electron chi connectivity index (χ4n) is 3.24. The molecule has 1 unspecified atom stereocenters. The molecule has 26 heavy (non-hydrogen) atoms. The molecule has 1 aromatic heterocycles. The van der Waals surface area contributed by atoms with Crippen LogP contribution in [0.4, 0.5) is 0 Å². The van der Waals surface area contributed by atoms with Crippen molar-refractivity contribution in [2.75, 3.05) is 6.54 Å². The molecule has 2 aromatic rings. The number of halogens is 1. The molecule has 5 nitrogen and oxygen atoms in total. The summed E-state index contributed by atoms with van der Waals surface area (Å²) in [6.07, 6.45) is 5.03. The lowest BCUT2D eigenvalue weighted by Gasteiger charge is -2.38. The molecule has 0 bridgehead atoms. The summed E-state index contributed by atoms with van der Waals surface area (Å²) in [4.78, 5) is 4.75. The third-order valence-corrected chi connectivity index (χ3v) is 4.34. The molecule has 1 aliphatic heterocycles. The quantitative estimate of drug-likeness (QED) is 0.405. The summed E-state index contributed by atoms with van der Waals surface area (Å²) in [5, 5.41) is 6.95. The van der Waals surface area contributed by atoms with Gasteiger partial charge in [-0.2, -0.15) is 0 Å². The van der Waals surface area contributed by atoms with Crippen molar-refractivity contribution >= 4 is 29.9 Å². The summed E-state index contributed by atoms with van der Waals surface area (Å²) in [6, 6.07) is 10.5. The summed E-state index contributed by atoms with van der Waals surface area (Å²) in [7, 11) is 2.03. The standard InChI is InChI=1S/C20H28N4O.HI/c1-5-21-19(22-13-15-10-11-24(4)14-15)23-17-12-20(2,3)25-18-9-7-6-8-16(17)18;/h6-11,14,17H,5,12-13H2,1-4H3,(H2,21,22,23);1H. The number of rotatable bonds is 4. The number of aliphatic imine (C=N–C) groups is 1. The van der Waals surface area contributed by atoms with E-state index in [-0.39, 0.29) is 35.6 Å². The SMILES string of the molecule is CCNC(=NCc1ccn(C)c1)NC1CC(C)(C)Oc2ccccc21.I. The van der Waals surface area contributed by atoms with Crippen LogP contribution < -0.4 is 15.4 Å². The van der Waals surface area contributed by atoms with E-state index in [1.54, 1.807) is 0 Å². The van der Waals surface area contributed by atoms with Gasteiger partial charge in [0.15, 0.2) is 5.96 Å². The molecule has 0 saturated heterocycles. The highest BCUT2D eigenvalue weighted by molar-refractivity contribution is 14.0. The Kier molecular flexibility index (Phi) is 6.97. The molecule has 3 rings (SSSR count). The number of guanidine groups is 1. The monoisotopic (exact) mass is 468 g/mol. The molecule has 0 spiro atoms. The van der Waals surface area contributed by atoms with Crippen molar-refractivity contribution in [3.8, 4) is 5.75 Å². The lowest BCUT2D eigenvalue weighted by Crippen LogP contribution is -2.45. The topological polar surface area (TPSA) is 50.6 Å². The summed E-state index contributed by atoms with van der Waals surface area (Å²) in [5.41, 5.74) is 2.18. The maximum atomic E-state index is 6.12. The van der Waals surface area contributed by atoms with Crippen LogP contribution in [0.5, 0.6) is 5.75 Å². The Morgan fingerprint density at radius 1 is 1.31 bits per heavy atom. The van der Waals surface area contributed by atoms with Gasteiger partial charge in [-0.15, -0.1) is 24.0 Å². The highest BCUT2D eigenvalue weighted by atomic mass is 127. The van der Waals surface area contributed by atoms with Crippen LogP contribution in [-0.2, 0) is 13.6 Å². The predicted octanol–water partition coefficient (Wildman–Crippen LogP) is 4.00.